The van der Waals surface area contributed by atoms with Crippen molar-refractivity contribution in [1.82, 2.24) is 0 Å². The number of phenols is 1. The van der Waals surface area contributed by atoms with Gasteiger partial charge in [-0.25, -0.2) is 0 Å². The van der Waals surface area contributed by atoms with Gasteiger partial charge in [0.1, 0.15) is 5.75 Å². The second-order valence-corrected chi connectivity index (χ2v) is 4.71. The number of benzene rings is 3. The van der Waals surface area contributed by atoms with Gasteiger partial charge < -0.3 is 5.11 Å². The van der Waals surface area contributed by atoms with E-state index < -0.39 is 0 Å². The van der Waals surface area contributed by atoms with Crippen LogP contribution in [0, 0.1) is 11.8 Å². The largest absolute Gasteiger partial charge is 0.508 e. The van der Waals surface area contributed by atoms with Crippen LogP contribution in [0.4, 0.5) is 0 Å². The Balaban J connectivity index is 2.06. The molecule has 0 aromatic heterocycles. The van der Waals surface area contributed by atoms with E-state index in [9.17, 15) is 5.11 Å². The molecule has 0 saturated carbocycles. The molecule has 3 rings (SSSR count). The summed E-state index contributed by atoms with van der Waals surface area (Å²) in [5, 5.41) is 9.74. The number of rotatable bonds is 1. The zero-order valence-electron chi connectivity index (χ0n) is 11.5. The van der Waals surface area contributed by atoms with Crippen molar-refractivity contribution in [3.63, 3.8) is 0 Å². The normalized spacial score (nSPS) is 9.71. The molecule has 0 aliphatic carbocycles. The maximum atomic E-state index is 9.74. The fraction of sp³-hybridized carbons (Fsp3) is 0. The predicted octanol–water partition coefficient (Wildman–Crippen LogP) is 4.46. The lowest BCUT2D eigenvalue weighted by Gasteiger charge is -2.05. The summed E-state index contributed by atoms with van der Waals surface area (Å²) in [6.45, 7) is 0. The molecule has 0 saturated heterocycles. The van der Waals surface area contributed by atoms with Crippen LogP contribution in [0.1, 0.15) is 11.1 Å². The van der Waals surface area contributed by atoms with Gasteiger partial charge >= 0.3 is 0 Å². The molecular formula is C20H14O. The van der Waals surface area contributed by atoms with E-state index >= 15 is 0 Å². The summed E-state index contributed by atoms with van der Waals surface area (Å²) in [6.07, 6.45) is 0. The van der Waals surface area contributed by atoms with E-state index in [4.69, 9.17) is 0 Å². The molecule has 0 heterocycles. The summed E-state index contributed by atoms with van der Waals surface area (Å²) in [6, 6.07) is 25.1. The third-order valence-electron chi connectivity index (χ3n) is 3.20. The average molecular weight is 270 g/mol. The van der Waals surface area contributed by atoms with E-state index in [0.29, 0.717) is 0 Å². The average Bonchev–Trinajstić information content (AvgIpc) is 2.55. The van der Waals surface area contributed by atoms with Crippen LogP contribution in [0.15, 0.2) is 78.9 Å². The first-order valence-corrected chi connectivity index (χ1v) is 6.78. The summed E-state index contributed by atoms with van der Waals surface area (Å²) < 4.78 is 0. The molecule has 0 bridgehead atoms. The first-order chi connectivity index (χ1) is 10.3. The van der Waals surface area contributed by atoms with Gasteiger partial charge in [-0.05, 0) is 35.9 Å². The highest BCUT2D eigenvalue weighted by molar-refractivity contribution is 5.72. The Morgan fingerprint density at radius 3 is 2.05 bits per heavy atom. The van der Waals surface area contributed by atoms with Crippen LogP contribution in [-0.2, 0) is 0 Å². The predicted molar refractivity (Wildman–Crippen MR) is 86.0 cm³/mol. The van der Waals surface area contributed by atoms with Crippen molar-refractivity contribution in [3.05, 3.63) is 90.0 Å². The summed E-state index contributed by atoms with van der Waals surface area (Å²) in [5.74, 6) is 6.60. The van der Waals surface area contributed by atoms with Crippen LogP contribution in [0.2, 0.25) is 0 Å². The van der Waals surface area contributed by atoms with Crippen molar-refractivity contribution in [3.8, 4) is 28.7 Å². The minimum atomic E-state index is 0.249. The standard InChI is InChI=1S/C20H14O/c21-19-14-13-18(12-11-16-7-3-1-4-8-16)20(15-19)17-9-5-2-6-10-17/h1-10,13-15,21H. The van der Waals surface area contributed by atoms with Crippen LogP contribution in [0.25, 0.3) is 11.1 Å². The maximum Gasteiger partial charge on any atom is 0.116 e. The van der Waals surface area contributed by atoms with Gasteiger partial charge in [0.2, 0.25) is 0 Å². The van der Waals surface area contributed by atoms with E-state index in [2.05, 4.69) is 11.8 Å². The Morgan fingerprint density at radius 2 is 1.33 bits per heavy atom. The van der Waals surface area contributed by atoms with Crippen molar-refractivity contribution >= 4 is 0 Å². The van der Waals surface area contributed by atoms with Crippen LogP contribution < -0.4 is 0 Å². The Morgan fingerprint density at radius 1 is 0.667 bits per heavy atom. The van der Waals surface area contributed by atoms with Gasteiger partial charge in [0, 0.05) is 16.7 Å². The topological polar surface area (TPSA) is 20.2 Å². The van der Waals surface area contributed by atoms with E-state index in [0.717, 1.165) is 22.3 Å². The van der Waals surface area contributed by atoms with Gasteiger partial charge in [0.25, 0.3) is 0 Å². The number of hydrogen-bond acceptors (Lipinski definition) is 1. The third-order valence-corrected chi connectivity index (χ3v) is 3.20. The van der Waals surface area contributed by atoms with Crippen LogP contribution in [-0.4, -0.2) is 5.11 Å². The van der Waals surface area contributed by atoms with Gasteiger partial charge in [-0.1, -0.05) is 60.4 Å². The lowest BCUT2D eigenvalue weighted by molar-refractivity contribution is 0.475. The van der Waals surface area contributed by atoms with E-state index in [-0.39, 0.29) is 5.75 Å². The third kappa shape index (κ3) is 3.13. The lowest BCUT2D eigenvalue weighted by Crippen LogP contribution is -1.84. The molecule has 0 aliphatic rings. The molecule has 0 radical (unpaired) electrons. The summed E-state index contributed by atoms with van der Waals surface area (Å²) in [4.78, 5) is 0. The van der Waals surface area contributed by atoms with Crippen LogP contribution in [0.3, 0.4) is 0 Å². The van der Waals surface area contributed by atoms with Gasteiger partial charge in [-0.2, -0.15) is 0 Å². The van der Waals surface area contributed by atoms with Crippen molar-refractivity contribution in [2.45, 2.75) is 0 Å². The lowest BCUT2D eigenvalue weighted by atomic mass is 9.99. The highest BCUT2D eigenvalue weighted by Crippen LogP contribution is 2.26. The Bertz CT molecular complexity index is 793. The molecule has 1 nitrogen and oxygen atoms in total. The van der Waals surface area contributed by atoms with Crippen molar-refractivity contribution in [2.24, 2.45) is 0 Å². The summed E-state index contributed by atoms with van der Waals surface area (Å²) in [5.41, 5.74) is 3.87. The first kappa shape index (κ1) is 13.0. The molecule has 100 valence electrons. The highest BCUT2D eigenvalue weighted by atomic mass is 16.3. The first-order valence-electron chi connectivity index (χ1n) is 6.78. The second kappa shape index (κ2) is 5.98. The molecular weight excluding hydrogens is 256 g/mol. The van der Waals surface area contributed by atoms with Gasteiger partial charge in [0.05, 0.1) is 0 Å². The van der Waals surface area contributed by atoms with E-state index in [1.807, 2.05) is 66.7 Å². The molecule has 1 N–H and O–H groups in total. The molecule has 0 unspecified atom stereocenters. The van der Waals surface area contributed by atoms with Gasteiger partial charge in [0.15, 0.2) is 0 Å². The smallest absolute Gasteiger partial charge is 0.116 e. The molecule has 0 atom stereocenters. The summed E-state index contributed by atoms with van der Waals surface area (Å²) >= 11 is 0. The Kier molecular flexibility index (Phi) is 3.71. The van der Waals surface area contributed by atoms with E-state index in [1.54, 1.807) is 12.1 Å². The Labute approximate surface area is 124 Å². The molecule has 3 aromatic rings. The number of hydrogen-bond donors (Lipinski definition) is 1. The fourth-order valence-corrected chi connectivity index (χ4v) is 2.16. The van der Waals surface area contributed by atoms with Crippen molar-refractivity contribution < 1.29 is 5.11 Å². The molecule has 21 heavy (non-hydrogen) atoms. The Hall–Kier alpha value is -2.98. The minimum absolute atomic E-state index is 0.249. The molecule has 0 fully saturated rings. The molecule has 1 heteroatoms. The van der Waals surface area contributed by atoms with Crippen LogP contribution in [0.5, 0.6) is 5.75 Å². The van der Waals surface area contributed by atoms with Crippen molar-refractivity contribution in [2.75, 3.05) is 0 Å². The summed E-state index contributed by atoms with van der Waals surface area (Å²) in [7, 11) is 0. The zero-order chi connectivity index (χ0) is 14.5. The molecule has 3 aromatic carbocycles. The molecule has 0 aliphatic heterocycles. The number of phenolic OH excluding ortho intramolecular Hbond substituents is 1. The fourth-order valence-electron chi connectivity index (χ4n) is 2.16. The van der Waals surface area contributed by atoms with E-state index in [1.165, 1.54) is 0 Å². The van der Waals surface area contributed by atoms with Gasteiger partial charge in [-0.15, -0.1) is 0 Å². The zero-order valence-corrected chi connectivity index (χ0v) is 11.5. The quantitative estimate of drug-likeness (QED) is 0.647. The monoisotopic (exact) mass is 270 g/mol. The maximum absolute atomic E-state index is 9.74. The molecule has 0 spiro atoms. The van der Waals surface area contributed by atoms with Gasteiger partial charge in [-0.3, -0.25) is 0 Å². The highest BCUT2D eigenvalue weighted by Gasteiger charge is 2.04. The van der Waals surface area contributed by atoms with Crippen LogP contribution >= 0.6 is 0 Å². The SMILES string of the molecule is Oc1ccc(C#Cc2ccccc2)c(-c2ccccc2)c1. The second-order valence-electron chi connectivity index (χ2n) is 4.71. The molecule has 0 amide bonds. The van der Waals surface area contributed by atoms with Crippen molar-refractivity contribution in [1.29, 1.82) is 0 Å². The minimum Gasteiger partial charge on any atom is -0.508 e. The number of aromatic hydroxyl groups is 1.